The summed E-state index contributed by atoms with van der Waals surface area (Å²) in [5, 5.41) is 0. The van der Waals surface area contributed by atoms with Crippen molar-refractivity contribution in [2.45, 2.75) is 155 Å². The summed E-state index contributed by atoms with van der Waals surface area (Å²) in [6.07, 6.45) is 30.6. The molecule has 0 aliphatic carbocycles. The van der Waals surface area contributed by atoms with E-state index in [1.54, 1.807) is 0 Å². The lowest BCUT2D eigenvalue weighted by molar-refractivity contribution is 0.230. The molecule has 0 rings (SSSR count). The van der Waals surface area contributed by atoms with Crippen molar-refractivity contribution in [3.05, 3.63) is 12.7 Å². The number of rotatable bonds is 24. The van der Waals surface area contributed by atoms with E-state index in [-0.39, 0.29) is 0 Å². The average molecular weight is 408 g/mol. The summed E-state index contributed by atoms with van der Waals surface area (Å²) in [5.74, 6) is 0. The predicted octanol–water partition coefficient (Wildman–Crippen LogP) is 9.70. The Hall–Kier alpha value is -0.300. The standard InChI is InChI=1S/C28H57N/c1-5-8-10-12-14-16-18-20-22-24-26-29(28(4)7-3)27-25-23-21-19-17-15-13-11-9-6-2/h7,28H,3,5-6,8-27H2,1-2,4H3. The largest absolute Gasteiger partial charge is 0.297 e. The minimum absolute atomic E-state index is 0.534. The zero-order chi connectivity index (χ0) is 21.4. The van der Waals surface area contributed by atoms with Crippen LogP contribution in [0.1, 0.15) is 149 Å². The van der Waals surface area contributed by atoms with Gasteiger partial charge in [0.05, 0.1) is 0 Å². The zero-order valence-electron chi connectivity index (χ0n) is 20.9. The number of hydrogen-bond acceptors (Lipinski definition) is 1. The van der Waals surface area contributed by atoms with Crippen LogP contribution in [-0.4, -0.2) is 24.0 Å². The van der Waals surface area contributed by atoms with Gasteiger partial charge < -0.3 is 0 Å². The maximum absolute atomic E-state index is 4.04. The van der Waals surface area contributed by atoms with Gasteiger partial charge in [-0.1, -0.05) is 135 Å². The molecule has 0 heterocycles. The Morgan fingerprint density at radius 1 is 0.517 bits per heavy atom. The molecule has 0 spiro atoms. The third-order valence-corrected chi connectivity index (χ3v) is 6.51. The van der Waals surface area contributed by atoms with Gasteiger partial charge in [-0.25, -0.2) is 0 Å². The van der Waals surface area contributed by atoms with Crippen molar-refractivity contribution < 1.29 is 0 Å². The monoisotopic (exact) mass is 407 g/mol. The van der Waals surface area contributed by atoms with E-state index in [1.165, 1.54) is 142 Å². The minimum atomic E-state index is 0.534. The molecule has 0 fully saturated rings. The Morgan fingerprint density at radius 2 is 0.793 bits per heavy atom. The summed E-state index contributed by atoms with van der Waals surface area (Å²) in [5.41, 5.74) is 0. The van der Waals surface area contributed by atoms with Crippen LogP contribution in [0.25, 0.3) is 0 Å². The molecule has 0 aliphatic heterocycles. The van der Waals surface area contributed by atoms with E-state index in [2.05, 4.69) is 38.3 Å². The molecule has 1 atom stereocenters. The van der Waals surface area contributed by atoms with E-state index >= 15 is 0 Å². The molecule has 0 saturated carbocycles. The van der Waals surface area contributed by atoms with Crippen molar-refractivity contribution in [3.63, 3.8) is 0 Å². The molecule has 0 aliphatic rings. The first-order valence-corrected chi connectivity index (χ1v) is 13.6. The van der Waals surface area contributed by atoms with Gasteiger partial charge in [0.2, 0.25) is 0 Å². The molecule has 0 saturated heterocycles. The Morgan fingerprint density at radius 3 is 1.07 bits per heavy atom. The van der Waals surface area contributed by atoms with Crippen molar-refractivity contribution in [1.29, 1.82) is 0 Å². The van der Waals surface area contributed by atoms with Crippen LogP contribution >= 0.6 is 0 Å². The molecule has 0 aromatic heterocycles. The molecule has 0 radical (unpaired) electrons. The maximum atomic E-state index is 4.04. The fourth-order valence-corrected chi connectivity index (χ4v) is 4.27. The van der Waals surface area contributed by atoms with E-state index in [1.807, 2.05) is 0 Å². The quantitative estimate of drug-likeness (QED) is 0.114. The smallest absolute Gasteiger partial charge is 0.0247 e. The Bertz CT molecular complexity index is 287. The summed E-state index contributed by atoms with van der Waals surface area (Å²) in [6, 6.07) is 0.534. The molecule has 1 nitrogen and oxygen atoms in total. The first-order chi connectivity index (χ1) is 14.3. The molecule has 0 N–H and O–H groups in total. The van der Waals surface area contributed by atoms with Crippen molar-refractivity contribution in [2.24, 2.45) is 0 Å². The highest BCUT2D eigenvalue weighted by Gasteiger charge is 2.09. The SMILES string of the molecule is C=CC(C)N(CCCCCCCCCCCC)CCCCCCCCCCCC. The van der Waals surface area contributed by atoms with Gasteiger partial charge in [-0.15, -0.1) is 6.58 Å². The highest BCUT2D eigenvalue weighted by molar-refractivity contribution is 4.84. The number of hydrogen-bond donors (Lipinski definition) is 0. The molecular formula is C28H57N. The third-order valence-electron chi connectivity index (χ3n) is 6.51. The Kier molecular flexibility index (Phi) is 23.7. The average Bonchev–Trinajstić information content (AvgIpc) is 2.74. The molecule has 0 aromatic carbocycles. The van der Waals surface area contributed by atoms with Crippen LogP contribution in [0.2, 0.25) is 0 Å². The van der Waals surface area contributed by atoms with Gasteiger partial charge in [0.1, 0.15) is 0 Å². The van der Waals surface area contributed by atoms with Gasteiger partial charge in [0.25, 0.3) is 0 Å². The van der Waals surface area contributed by atoms with Crippen LogP contribution in [-0.2, 0) is 0 Å². The van der Waals surface area contributed by atoms with Crippen molar-refractivity contribution in [1.82, 2.24) is 4.90 Å². The topological polar surface area (TPSA) is 3.24 Å². The van der Waals surface area contributed by atoms with Gasteiger partial charge in [0, 0.05) is 6.04 Å². The molecular weight excluding hydrogens is 350 g/mol. The number of unbranched alkanes of at least 4 members (excludes halogenated alkanes) is 18. The third kappa shape index (κ3) is 20.7. The van der Waals surface area contributed by atoms with Crippen molar-refractivity contribution in [3.8, 4) is 0 Å². The molecule has 0 aromatic rings. The summed E-state index contributed by atoms with van der Waals surface area (Å²) in [6.45, 7) is 13.5. The summed E-state index contributed by atoms with van der Waals surface area (Å²) in [7, 11) is 0. The van der Waals surface area contributed by atoms with Gasteiger partial charge >= 0.3 is 0 Å². The van der Waals surface area contributed by atoms with Crippen LogP contribution in [0, 0.1) is 0 Å². The van der Waals surface area contributed by atoms with E-state index in [0.29, 0.717) is 6.04 Å². The maximum Gasteiger partial charge on any atom is 0.0247 e. The molecule has 1 unspecified atom stereocenters. The normalized spacial score (nSPS) is 12.6. The van der Waals surface area contributed by atoms with Gasteiger partial charge in [-0.2, -0.15) is 0 Å². The van der Waals surface area contributed by atoms with Crippen molar-refractivity contribution >= 4 is 0 Å². The number of nitrogens with zero attached hydrogens (tertiary/aromatic N) is 1. The minimum Gasteiger partial charge on any atom is -0.297 e. The van der Waals surface area contributed by atoms with E-state index in [0.717, 1.165) is 0 Å². The fourth-order valence-electron chi connectivity index (χ4n) is 4.27. The van der Waals surface area contributed by atoms with Crippen LogP contribution in [0.5, 0.6) is 0 Å². The van der Waals surface area contributed by atoms with Crippen LogP contribution in [0.3, 0.4) is 0 Å². The van der Waals surface area contributed by atoms with Crippen molar-refractivity contribution in [2.75, 3.05) is 13.1 Å². The van der Waals surface area contributed by atoms with Gasteiger partial charge in [-0.05, 0) is 32.9 Å². The van der Waals surface area contributed by atoms with Crippen LogP contribution in [0.15, 0.2) is 12.7 Å². The zero-order valence-corrected chi connectivity index (χ0v) is 20.9. The highest BCUT2D eigenvalue weighted by Crippen LogP contribution is 2.14. The predicted molar refractivity (Wildman–Crippen MR) is 135 cm³/mol. The van der Waals surface area contributed by atoms with E-state index < -0.39 is 0 Å². The Balaban J connectivity index is 3.59. The second-order valence-electron chi connectivity index (χ2n) is 9.38. The Labute approximate surface area is 186 Å². The first-order valence-electron chi connectivity index (χ1n) is 13.6. The van der Waals surface area contributed by atoms with E-state index in [9.17, 15) is 0 Å². The first kappa shape index (κ1) is 28.7. The summed E-state index contributed by atoms with van der Waals surface area (Å²) < 4.78 is 0. The molecule has 174 valence electrons. The van der Waals surface area contributed by atoms with Crippen LogP contribution in [0.4, 0.5) is 0 Å². The second kappa shape index (κ2) is 24.0. The second-order valence-corrected chi connectivity index (χ2v) is 9.38. The summed E-state index contributed by atoms with van der Waals surface area (Å²) >= 11 is 0. The molecule has 29 heavy (non-hydrogen) atoms. The van der Waals surface area contributed by atoms with E-state index in [4.69, 9.17) is 0 Å². The van der Waals surface area contributed by atoms with Gasteiger partial charge in [-0.3, -0.25) is 4.90 Å². The van der Waals surface area contributed by atoms with Crippen LogP contribution < -0.4 is 0 Å². The fraction of sp³-hybridized carbons (Fsp3) is 0.929. The lowest BCUT2D eigenvalue weighted by atomic mass is 10.1. The summed E-state index contributed by atoms with van der Waals surface area (Å²) in [4.78, 5) is 2.67. The van der Waals surface area contributed by atoms with Gasteiger partial charge in [0.15, 0.2) is 0 Å². The highest BCUT2D eigenvalue weighted by atomic mass is 15.1. The molecule has 0 amide bonds. The molecule has 0 bridgehead atoms. The molecule has 1 heteroatoms. The lowest BCUT2D eigenvalue weighted by Gasteiger charge is -2.27. The lowest BCUT2D eigenvalue weighted by Crippen LogP contribution is -2.33.